The summed E-state index contributed by atoms with van der Waals surface area (Å²) >= 11 is 0. The number of likely N-dealkylation sites (N-methyl/N-ethyl adjacent to an activating group) is 1. The second kappa shape index (κ2) is 8.90. The molecule has 3 rings (SSSR count). The van der Waals surface area contributed by atoms with Crippen molar-refractivity contribution in [1.82, 2.24) is 19.4 Å². The van der Waals surface area contributed by atoms with E-state index in [1.807, 2.05) is 25.1 Å². The van der Waals surface area contributed by atoms with E-state index in [0.29, 0.717) is 35.4 Å². The van der Waals surface area contributed by atoms with Crippen LogP contribution in [0.1, 0.15) is 28.7 Å². The molecule has 1 aromatic heterocycles. The lowest BCUT2D eigenvalue weighted by Crippen LogP contribution is -2.37. The number of aryl methyl sites for hydroxylation is 1. The predicted octanol–water partition coefficient (Wildman–Crippen LogP) is 2.46. The third-order valence-corrected chi connectivity index (χ3v) is 5.06. The van der Waals surface area contributed by atoms with Gasteiger partial charge in [-0.15, -0.1) is 0 Å². The number of benzene rings is 2. The highest BCUT2D eigenvalue weighted by molar-refractivity contribution is 5.93. The van der Waals surface area contributed by atoms with Gasteiger partial charge in [-0.3, -0.25) is 19.0 Å². The lowest BCUT2D eigenvalue weighted by molar-refractivity contribution is -0.132. The van der Waals surface area contributed by atoms with Gasteiger partial charge in [0.25, 0.3) is 11.5 Å². The van der Waals surface area contributed by atoms with E-state index in [2.05, 4.69) is 4.98 Å². The smallest absolute Gasteiger partial charge is 0.261 e. The Kier molecular flexibility index (Phi) is 6.30. The summed E-state index contributed by atoms with van der Waals surface area (Å²) in [4.78, 5) is 45.4. The minimum Gasteiger partial charge on any atom is -0.345 e. The van der Waals surface area contributed by atoms with Gasteiger partial charge in [-0.2, -0.15) is 0 Å². The van der Waals surface area contributed by atoms with E-state index >= 15 is 0 Å². The number of para-hydroxylation sites is 1. The van der Waals surface area contributed by atoms with Crippen LogP contribution >= 0.6 is 0 Å². The molecule has 7 heteroatoms. The molecule has 0 unspecified atom stereocenters. The first-order valence-electron chi connectivity index (χ1n) is 9.86. The van der Waals surface area contributed by atoms with Crippen LogP contribution in [0.3, 0.4) is 0 Å². The molecule has 30 heavy (non-hydrogen) atoms. The summed E-state index contributed by atoms with van der Waals surface area (Å²) in [6, 6.07) is 14.4. The fourth-order valence-corrected chi connectivity index (χ4v) is 3.31. The van der Waals surface area contributed by atoms with E-state index in [-0.39, 0.29) is 23.9 Å². The van der Waals surface area contributed by atoms with E-state index in [4.69, 9.17) is 0 Å². The van der Waals surface area contributed by atoms with Gasteiger partial charge in [-0.05, 0) is 43.7 Å². The van der Waals surface area contributed by atoms with E-state index in [1.165, 1.54) is 9.47 Å². The largest absolute Gasteiger partial charge is 0.345 e. The Morgan fingerprint density at radius 3 is 2.33 bits per heavy atom. The molecule has 3 aromatic rings. The topological polar surface area (TPSA) is 75.5 Å². The Morgan fingerprint density at radius 2 is 1.70 bits per heavy atom. The lowest BCUT2D eigenvalue weighted by atomic mass is 10.1. The van der Waals surface area contributed by atoms with Crippen LogP contribution in [0.5, 0.6) is 0 Å². The molecule has 156 valence electrons. The first-order valence-corrected chi connectivity index (χ1v) is 9.86. The Morgan fingerprint density at radius 1 is 1.03 bits per heavy atom. The van der Waals surface area contributed by atoms with Gasteiger partial charge < -0.3 is 9.80 Å². The van der Waals surface area contributed by atoms with E-state index in [1.54, 1.807) is 56.3 Å². The fraction of sp³-hybridized carbons (Fsp3) is 0.304. The molecule has 0 saturated heterocycles. The zero-order valence-corrected chi connectivity index (χ0v) is 17.8. The summed E-state index contributed by atoms with van der Waals surface area (Å²) in [5.74, 6) is 0.284. The van der Waals surface area contributed by atoms with Gasteiger partial charge in [0.05, 0.1) is 10.9 Å². The third kappa shape index (κ3) is 4.40. The van der Waals surface area contributed by atoms with Crippen LogP contribution in [0.25, 0.3) is 10.9 Å². The van der Waals surface area contributed by atoms with E-state index in [9.17, 15) is 14.4 Å². The standard InChI is InChI=1S/C23H26N4O3/c1-5-26(14-17-10-12-18(13-11-17)22(29)25(3)4)21(28)15-27-16(2)24-20-9-7-6-8-19(20)23(27)30/h6-13H,5,14-15H2,1-4H3. The summed E-state index contributed by atoms with van der Waals surface area (Å²) in [6.07, 6.45) is 0. The average molecular weight is 406 g/mol. The van der Waals surface area contributed by atoms with Gasteiger partial charge in [-0.1, -0.05) is 24.3 Å². The van der Waals surface area contributed by atoms with Crippen molar-refractivity contribution in [3.8, 4) is 0 Å². The Bertz CT molecular complexity index is 1130. The van der Waals surface area contributed by atoms with Gasteiger partial charge in [-0.25, -0.2) is 4.98 Å². The van der Waals surface area contributed by atoms with Crippen LogP contribution in [0.15, 0.2) is 53.3 Å². The number of carbonyl (C=O) groups excluding carboxylic acids is 2. The third-order valence-electron chi connectivity index (χ3n) is 5.06. The summed E-state index contributed by atoms with van der Waals surface area (Å²) in [5.41, 5.74) is 1.93. The number of nitrogens with zero attached hydrogens (tertiary/aromatic N) is 4. The molecule has 0 spiro atoms. The van der Waals surface area contributed by atoms with Gasteiger partial charge in [0.15, 0.2) is 0 Å². The van der Waals surface area contributed by atoms with Gasteiger partial charge in [0, 0.05) is 32.7 Å². The second-order valence-electron chi connectivity index (χ2n) is 7.37. The predicted molar refractivity (Wildman–Crippen MR) is 116 cm³/mol. The van der Waals surface area contributed by atoms with Crippen LogP contribution in [-0.2, 0) is 17.9 Å². The molecule has 1 heterocycles. The maximum absolute atomic E-state index is 12.9. The zero-order chi connectivity index (χ0) is 21.8. The minimum absolute atomic E-state index is 0.0620. The van der Waals surface area contributed by atoms with Crippen molar-refractivity contribution in [2.45, 2.75) is 26.9 Å². The second-order valence-corrected chi connectivity index (χ2v) is 7.37. The summed E-state index contributed by atoms with van der Waals surface area (Å²) in [5, 5.41) is 0.500. The molecule has 2 amide bonds. The molecule has 0 aliphatic heterocycles. The number of hydrogen-bond donors (Lipinski definition) is 0. The number of amides is 2. The molecule has 2 aromatic carbocycles. The number of rotatable bonds is 6. The highest BCUT2D eigenvalue weighted by Gasteiger charge is 2.17. The minimum atomic E-state index is -0.214. The van der Waals surface area contributed by atoms with Gasteiger partial charge >= 0.3 is 0 Å². The van der Waals surface area contributed by atoms with Crippen molar-refractivity contribution in [3.63, 3.8) is 0 Å². The number of hydrogen-bond acceptors (Lipinski definition) is 4. The number of carbonyl (C=O) groups is 2. The molecule has 7 nitrogen and oxygen atoms in total. The molecular weight excluding hydrogens is 380 g/mol. The van der Waals surface area contributed by atoms with Crippen LogP contribution in [0.2, 0.25) is 0 Å². The first kappa shape index (κ1) is 21.2. The lowest BCUT2D eigenvalue weighted by Gasteiger charge is -2.22. The fourth-order valence-electron chi connectivity index (χ4n) is 3.31. The number of fused-ring (bicyclic) bond motifs is 1. The number of aromatic nitrogens is 2. The van der Waals surface area contributed by atoms with Crippen LogP contribution in [0.4, 0.5) is 0 Å². The quantitative estimate of drug-likeness (QED) is 0.630. The van der Waals surface area contributed by atoms with Gasteiger partial charge in [0.2, 0.25) is 5.91 Å². The summed E-state index contributed by atoms with van der Waals surface area (Å²) < 4.78 is 1.42. The first-order chi connectivity index (χ1) is 14.3. The molecule has 0 N–H and O–H groups in total. The Labute approximate surface area is 175 Å². The molecule has 0 aliphatic rings. The SMILES string of the molecule is CCN(Cc1ccc(C(=O)N(C)C)cc1)C(=O)Cn1c(C)nc2ccccc2c1=O. The van der Waals surface area contributed by atoms with Gasteiger partial charge in [0.1, 0.15) is 12.4 Å². The Hall–Kier alpha value is -3.48. The normalized spacial score (nSPS) is 10.8. The Balaban J connectivity index is 1.78. The van der Waals surface area contributed by atoms with Crippen molar-refractivity contribution >= 4 is 22.7 Å². The van der Waals surface area contributed by atoms with Crippen LogP contribution < -0.4 is 5.56 Å². The van der Waals surface area contributed by atoms with Crippen molar-refractivity contribution in [2.75, 3.05) is 20.6 Å². The van der Waals surface area contributed by atoms with Crippen LogP contribution in [0, 0.1) is 6.92 Å². The monoisotopic (exact) mass is 406 g/mol. The van der Waals surface area contributed by atoms with Crippen molar-refractivity contribution in [3.05, 3.63) is 75.8 Å². The molecule has 0 radical (unpaired) electrons. The van der Waals surface area contributed by atoms with E-state index in [0.717, 1.165) is 5.56 Å². The molecule has 0 aliphatic carbocycles. The maximum Gasteiger partial charge on any atom is 0.261 e. The average Bonchev–Trinajstić information content (AvgIpc) is 2.74. The van der Waals surface area contributed by atoms with Crippen molar-refractivity contribution < 1.29 is 9.59 Å². The highest BCUT2D eigenvalue weighted by atomic mass is 16.2. The van der Waals surface area contributed by atoms with Crippen LogP contribution in [-0.4, -0.2) is 51.8 Å². The zero-order valence-electron chi connectivity index (χ0n) is 17.8. The van der Waals surface area contributed by atoms with E-state index < -0.39 is 0 Å². The van der Waals surface area contributed by atoms with Crippen molar-refractivity contribution in [1.29, 1.82) is 0 Å². The van der Waals surface area contributed by atoms with Crippen molar-refractivity contribution in [2.24, 2.45) is 0 Å². The molecule has 0 bridgehead atoms. The molecule has 0 saturated carbocycles. The molecule has 0 fully saturated rings. The summed E-state index contributed by atoms with van der Waals surface area (Å²) in [7, 11) is 3.42. The summed E-state index contributed by atoms with van der Waals surface area (Å²) in [6.45, 7) is 4.48. The molecule has 0 atom stereocenters. The highest BCUT2D eigenvalue weighted by Crippen LogP contribution is 2.11. The molecular formula is C23H26N4O3. The maximum atomic E-state index is 12.9.